The molecule has 1 aliphatic heterocycles. The first-order chi connectivity index (χ1) is 4.75. The van der Waals surface area contributed by atoms with E-state index in [0.29, 0.717) is 0 Å². The third kappa shape index (κ3) is 0.966. The van der Waals surface area contributed by atoms with Crippen molar-refractivity contribution < 1.29 is 4.79 Å². The van der Waals surface area contributed by atoms with Gasteiger partial charge in [0.1, 0.15) is 6.29 Å². The van der Waals surface area contributed by atoms with Crippen LogP contribution in [0.15, 0.2) is 0 Å². The summed E-state index contributed by atoms with van der Waals surface area (Å²) in [5.41, 5.74) is -0.111. The molecular weight excluding hydrogens is 126 g/mol. The summed E-state index contributed by atoms with van der Waals surface area (Å²) in [6.07, 6.45) is 4.28. The molecule has 1 atom stereocenters. The normalized spacial score (nSPS) is 34.6. The summed E-state index contributed by atoms with van der Waals surface area (Å²) in [6, 6.07) is 0. The molecule has 1 unspecified atom stereocenters. The maximum atomic E-state index is 10.7. The third-order valence-electron chi connectivity index (χ3n) is 2.70. The quantitative estimate of drug-likeness (QED) is 0.536. The Morgan fingerprint density at radius 3 is 2.60 bits per heavy atom. The van der Waals surface area contributed by atoms with Crippen molar-refractivity contribution in [2.75, 3.05) is 13.6 Å². The molecule has 2 nitrogen and oxygen atoms in total. The molecule has 0 amide bonds. The Kier molecular flexibility index (Phi) is 2.09. The number of carbonyl (C=O) groups excluding carboxylic acids is 1. The van der Waals surface area contributed by atoms with Crippen LogP contribution in [-0.4, -0.2) is 30.3 Å². The molecule has 1 aliphatic rings. The van der Waals surface area contributed by atoms with Crippen LogP contribution < -0.4 is 0 Å². The predicted octanol–water partition coefficient (Wildman–Crippen LogP) is 1.06. The Hall–Kier alpha value is -0.370. The highest BCUT2D eigenvalue weighted by molar-refractivity contribution is 5.64. The van der Waals surface area contributed by atoms with Gasteiger partial charge in [0.2, 0.25) is 0 Å². The van der Waals surface area contributed by atoms with Crippen LogP contribution in [0.3, 0.4) is 0 Å². The predicted molar refractivity (Wildman–Crippen MR) is 41.0 cm³/mol. The second-order valence-corrected chi connectivity index (χ2v) is 3.10. The largest absolute Gasteiger partial charge is 0.301 e. The summed E-state index contributed by atoms with van der Waals surface area (Å²) < 4.78 is 0. The molecule has 0 bridgehead atoms. The van der Waals surface area contributed by atoms with E-state index in [1.165, 1.54) is 6.42 Å². The van der Waals surface area contributed by atoms with Crippen molar-refractivity contribution in [2.45, 2.75) is 31.7 Å². The zero-order valence-corrected chi connectivity index (χ0v) is 6.76. The van der Waals surface area contributed by atoms with Crippen molar-refractivity contribution in [1.29, 1.82) is 0 Å². The standard InChI is InChI=1S/C8H15NO/c1-3-8(7-10)5-4-6-9(8)2/h7H,3-6H2,1-2H3. The zero-order chi connectivity index (χ0) is 7.61. The average molecular weight is 141 g/mol. The minimum atomic E-state index is -0.111. The minimum Gasteiger partial charge on any atom is -0.301 e. The molecule has 2 heteroatoms. The van der Waals surface area contributed by atoms with Gasteiger partial charge in [-0.15, -0.1) is 0 Å². The molecule has 1 saturated heterocycles. The summed E-state index contributed by atoms with van der Waals surface area (Å²) in [5.74, 6) is 0. The maximum absolute atomic E-state index is 10.7. The van der Waals surface area contributed by atoms with E-state index in [0.717, 1.165) is 25.7 Å². The molecule has 0 radical (unpaired) electrons. The molecule has 0 aromatic carbocycles. The lowest BCUT2D eigenvalue weighted by Gasteiger charge is -2.28. The second kappa shape index (κ2) is 2.70. The van der Waals surface area contributed by atoms with Crippen LogP contribution in [0.1, 0.15) is 26.2 Å². The molecule has 0 aromatic rings. The zero-order valence-electron chi connectivity index (χ0n) is 6.76. The number of hydrogen-bond donors (Lipinski definition) is 0. The monoisotopic (exact) mass is 141 g/mol. The van der Waals surface area contributed by atoms with E-state index in [1.807, 2.05) is 7.05 Å². The topological polar surface area (TPSA) is 20.3 Å². The third-order valence-corrected chi connectivity index (χ3v) is 2.70. The van der Waals surface area contributed by atoms with Gasteiger partial charge < -0.3 is 4.79 Å². The van der Waals surface area contributed by atoms with Crippen LogP contribution in [0.5, 0.6) is 0 Å². The average Bonchev–Trinajstić information content (AvgIpc) is 2.32. The SMILES string of the molecule is CCC1(C=O)CCCN1C. The highest BCUT2D eigenvalue weighted by atomic mass is 16.1. The lowest BCUT2D eigenvalue weighted by atomic mass is 9.95. The Morgan fingerprint density at radius 1 is 1.70 bits per heavy atom. The first kappa shape index (κ1) is 7.73. The smallest absolute Gasteiger partial charge is 0.140 e. The van der Waals surface area contributed by atoms with E-state index in [1.54, 1.807) is 0 Å². The fourth-order valence-corrected chi connectivity index (χ4v) is 1.71. The van der Waals surface area contributed by atoms with E-state index in [4.69, 9.17) is 0 Å². The Morgan fingerprint density at radius 2 is 2.40 bits per heavy atom. The highest BCUT2D eigenvalue weighted by Gasteiger charge is 2.36. The van der Waals surface area contributed by atoms with Gasteiger partial charge in [0.15, 0.2) is 0 Å². The number of carbonyl (C=O) groups is 1. The molecular formula is C8H15NO. The summed E-state index contributed by atoms with van der Waals surface area (Å²) in [6.45, 7) is 3.16. The molecule has 1 rings (SSSR count). The molecule has 1 fully saturated rings. The van der Waals surface area contributed by atoms with E-state index in [-0.39, 0.29) is 5.54 Å². The molecule has 0 saturated carbocycles. The number of hydrogen-bond acceptors (Lipinski definition) is 2. The molecule has 0 spiro atoms. The maximum Gasteiger partial charge on any atom is 0.140 e. The molecule has 0 aliphatic carbocycles. The first-order valence-electron chi connectivity index (χ1n) is 3.93. The van der Waals surface area contributed by atoms with Gasteiger partial charge in [0.25, 0.3) is 0 Å². The van der Waals surface area contributed by atoms with Crippen LogP contribution in [0.4, 0.5) is 0 Å². The van der Waals surface area contributed by atoms with E-state index >= 15 is 0 Å². The summed E-state index contributed by atoms with van der Waals surface area (Å²) in [4.78, 5) is 12.9. The number of likely N-dealkylation sites (tertiary alicyclic amines) is 1. The van der Waals surface area contributed by atoms with E-state index in [9.17, 15) is 4.79 Å². The van der Waals surface area contributed by atoms with Crippen molar-refractivity contribution in [3.05, 3.63) is 0 Å². The molecule has 58 valence electrons. The molecule has 10 heavy (non-hydrogen) atoms. The van der Waals surface area contributed by atoms with Crippen molar-refractivity contribution in [1.82, 2.24) is 4.90 Å². The summed E-state index contributed by atoms with van der Waals surface area (Å²) in [7, 11) is 2.03. The summed E-state index contributed by atoms with van der Waals surface area (Å²) in [5, 5.41) is 0. The lowest BCUT2D eigenvalue weighted by molar-refractivity contribution is -0.116. The number of rotatable bonds is 2. The van der Waals surface area contributed by atoms with Crippen molar-refractivity contribution in [3.8, 4) is 0 Å². The van der Waals surface area contributed by atoms with Gasteiger partial charge in [-0.1, -0.05) is 6.92 Å². The molecule has 1 heterocycles. The Bertz CT molecular complexity index is 135. The Balaban J connectivity index is 2.70. The lowest BCUT2D eigenvalue weighted by Crippen LogP contribution is -2.41. The molecule has 0 aromatic heterocycles. The van der Waals surface area contributed by atoms with Crippen LogP contribution in [0, 0.1) is 0 Å². The van der Waals surface area contributed by atoms with Gasteiger partial charge in [-0.25, -0.2) is 0 Å². The van der Waals surface area contributed by atoms with E-state index in [2.05, 4.69) is 11.8 Å². The highest BCUT2D eigenvalue weighted by Crippen LogP contribution is 2.28. The van der Waals surface area contributed by atoms with Gasteiger partial charge in [-0.2, -0.15) is 0 Å². The van der Waals surface area contributed by atoms with Gasteiger partial charge >= 0.3 is 0 Å². The van der Waals surface area contributed by atoms with Crippen LogP contribution in [-0.2, 0) is 4.79 Å². The second-order valence-electron chi connectivity index (χ2n) is 3.10. The van der Waals surface area contributed by atoms with Crippen LogP contribution >= 0.6 is 0 Å². The van der Waals surface area contributed by atoms with Crippen LogP contribution in [0.25, 0.3) is 0 Å². The van der Waals surface area contributed by atoms with Crippen molar-refractivity contribution in [3.63, 3.8) is 0 Å². The van der Waals surface area contributed by atoms with Gasteiger partial charge in [0, 0.05) is 0 Å². The summed E-state index contributed by atoms with van der Waals surface area (Å²) >= 11 is 0. The van der Waals surface area contributed by atoms with Crippen molar-refractivity contribution in [2.24, 2.45) is 0 Å². The van der Waals surface area contributed by atoms with Gasteiger partial charge in [-0.3, -0.25) is 4.90 Å². The fourth-order valence-electron chi connectivity index (χ4n) is 1.71. The minimum absolute atomic E-state index is 0.111. The first-order valence-corrected chi connectivity index (χ1v) is 3.93. The van der Waals surface area contributed by atoms with Crippen LogP contribution in [0.2, 0.25) is 0 Å². The fraction of sp³-hybridized carbons (Fsp3) is 0.875. The van der Waals surface area contributed by atoms with Crippen molar-refractivity contribution >= 4 is 6.29 Å². The Labute approximate surface area is 62.2 Å². The van der Waals surface area contributed by atoms with Gasteiger partial charge in [-0.05, 0) is 32.9 Å². The number of nitrogens with zero attached hydrogens (tertiary/aromatic N) is 1. The van der Waals surface area contributed by atoms with Gasteiger partial charge in [0.05, 0.1) is 5.54 Å². The van der Waals surface area contributed by atoms with E-state index < -0.39 is 0 Å². The molecule has 0 N–H and O–H groups in total. The number of likely N-dealkylation sites (N-methyl/N-ethyl adjacent to an activating group) is 1. The number of aldehydes is 1.